The maximum Gasteiger partial charge on any atom is 0.251 e. The van der Waals surface area contributed by atoms with Gasteiger partial charge in [-0.2, -0.15) is 4.98 Å². The van der Waals surface area contributed by atoms with Gasteiger partial charge in [-0.1, -0.05) is 6.07 Å². The zero-order valence-electron chi connectivity index (χ0n) is 30.2. The van der Waals surface area contributed by atoms with Crippen LogP contribution in [0.25, 0.3) is 5.57 Å². The van der Waals surface area contributed by atoms with Crippen LogP contribution in [-0.2, 0) is 4.79 Å². The highest BCUT2D eigenvalue weighted by molar-refractivity contribution is 5.96. The number of amides is 2. The standard InChI is InChI=1S/C41H49N7O4/c1-25-14-36(49)48(32-5-3-4-29(18-32)39(51)43-30-6-7-30)38-33(25)24-42-40(45-38)44-34-9-8-31(19-35(34)52-2)46-10-12-47(13-11-46)37(50)23-41-20-26-15-27(21-41)17-28(16-26)22-41/h3-5,8-9,14,18-19,24,26-28,30,36,49H,6-7,10-13,15-17,20-23H2,1-2H3,(H,43,51)(H,42,44,45). The fourth-order valence-corrected chi connectivity index (χ4v) is 10.2. The van der Waals surface area contributed by atoms with Crippen LogP contribution in [0.3, 0.4) is 0 Å². The van der Waals surface area contributed by atoms with Crippen molar-refractivity contribution in [3.63, 3.8) is 0 Å². The Kier molecular flexibility index (Phi) is 8.36. The van der Waals surface area contributed by atoms with E-state index in [1.165, 1.54) is 38.5 Å². The van der Waals surface area contributed by atoms with Gasteiger partial charge in [0.1, 0.15) is 11.6 Å². The second kappa shape index (κ2) is 13.1. The molecule has 0 spiro atoms. The fraction of sp³-hybridized carbons (Fsp3) is 0.512. The van der Waals surface area contributed by atoms with Gasteiger partial charge < -0.3 is 30.3 Å². The predicted octanol–water partition coefficient (Wildman–Crippen LogP) is 6.25. The normalized spacial score (nSPS) is 27.6. The van der Waals surface area contributed by atoms with Gasteiger partial charge in [0, 0.05) is 73.4 Å². The number of aliphatic hydroxyl groups is 1. The molecule has 4 bridgehead atoms. The Balaban J connectivity index is 0.880. The Morgan fingerprint density at radius 2 is 1.69 bits per heavy atom. The summed E-state index contributed by atoms with van der Waals surface area (Å²) in [4.78, 5) is 42.1. The van der Waals surface area contributed by atoms with E-state index in [1.54, 1.807) is 36.4 Å². The number of aliphatic hydroxyl groups excluding tert-OH is 1. The minimum Gasteiger partial charge on any atom is -0.494 e. The number of carbonyl (C=O) groups excluding carboxylic acids is 2. The number of methoxy groups -OCH3 is 1. The van der Waals surface area contributed by atoms with E-state index in [2.05, 4.69) is 31.5 Å². The molecule has 3 N–H and O–H groups in total. The Hall–Kier alpha value is -4.64. The van der Waals surface area contributed by atoms with Crippen molar-refractivity contribution in [2.45, 2.75) is 77.0 Å². The molecule has 2 aliphatic heterocycles. The zero-order valence-corrected chi connectivity index (χ0v) is 30.2. The number of hydrogen-bond donors (Lipinski definition) is 3. The summed E-state index contributed by atoms with van der Waals surface area (Å²) >= 11 is 0. The van der Waals surface area contributed by atoms with Gasteiger partial charge in [0.25, 0.3) is 5.91 Å². The van der Waals surface area contributed by atoms with Crippen LogP contribution in [-0.4, -0.2) is 77.3 Å². The Morgan fingerprint density at radius 1 is 0.962 bits per heavy atom. The number of benzene rings is 2. The molecule has 11 nitrogen and oxygen atoms in total. The van der Waals surface area contributed by atoms with Crippen molar-refractivity contribution >= 4 is 46.2 Å². The largest absolute Gasteiger partial charge is 0.494 e. The average Bonchev–Trinajstić information content (AvgIpc) is 3.95. The SMILES string of the molecule is COc1cc(N2CCN(C(=O)CC34CC5CC(CC(C5)C3)C4)CC2)ccc1Nc1ncc2c(n1)N(c1cccc(C(=O)NC3CC3)c1)C(O)C=C2C. The molecule has 1 aromatic heterocycles. The quantitative estimate of drug-likeness (QED) is 0.237. The number of aromatic nitrogens is 2. The summed E-state index contributed by atoms with van der Waals surface area (Å²) in [5.41, 5.74) is 4.87. The molecule has 2 amide bonds. The molecule has 11 heteroatoms. The molecule has 1 saturated heterocycles. The summed E-state index contributed by atoms with van der Waals surface area (Å²) in [6.45, 7) is 4.97. The smallest absolute Gasteiger partial charge is 0.251 e. The first-order valence-electron chi connectivity index (χ1n) is 19.1. The highest BCUT2D eigenvalue weighted by Gasteiger charge is 2.51. The van der Waals surface area contributed by atoms with E-state index in [0.29, 0.717) is 40.4 Å². The molecule has 5 aliphatic carbocycles. The van der Waals surface area contributed by atoms with Crippen LogP contribution in [0, 0.1) is 23.2 Å². The van der Waals surface area contributed by atoms with Crippen molar-refractivity contribution in [3.8, 4) is 5.75 Å². The third-order valence-corrected chi connectivity index (χ3v) is 12.5. The van der Waals surface area contributed by atoms with Crippen molar-refractivity contribution in [3.05, 3.63) is 65.9 Å². The second-order valence-corrected chi connectivity index (χ2v) is 16.3. The number of ether oxygens (including phenoxy) is 1. The minimum atomic E-state index is -0.973. The van der Waals surface area contributed by atoms with Crippen LogP contribution in [0.15, 0.2) is 54.7 Å². The Bertz CT molecular complexity index is 1880. The van der Waals surface area contributed by atoms with E-state index in [-0.39, 0.29) is 17.4 Å². The van der Waals surface area contributed by atoms with Gasteiger partial charge in [-0.3, -0.25) is 14.5 Å². The van der Waals surface area contributed by atoms with E-state index in [4.69, 9.17) is 9.72 Å². The highest BCUT2D eigenvalue weighted by atomic mass is 16.5. The maximum absolute atomic E-state index is 13.6. The monoisotopic (exact) mass is 703 g/mol. The number of hydrogen-bond acceptors (Lipinski definition) is 9. The van der Waals surface area contributed by atoms with Crippen LogP contribution < -0.4 is 25.2 Å². The zero-order chi connectivity index (χ0) is 35.6. The molecular formula is C41H49N7O4. The molecule has 6 fully saturated rings. The highest BCUT2D eigenvalue weighted by Crippen LogP contribution is 2.61. The van der Waals surface area contributed by atoms with Crippen LogP contribution in [0.4, 0.5) is 28.8 Å². The van der Waals surface area contributed by atoms with Gasteiger partial charge in [0.2, 0.25) is 11.9 Å². The summed E-state index contributed by atoms with van der Waals surface area (Å²) < 4.78 is 5.84. The molecule has 5 saturated carbocycles. The van der Waals surface area contributed by atoms with Gasteiger partial charge in [-0.05, 0) is 123 Å². The van der Waals surface area contributed by atoms with Gasteiger partial charge >= 0.3 is 0 Å². The first-order chi connectivity index (χ1) is 25.2. The van der Waals surface area contributed by atoms with E-state index in [9.17, 15) is 14.7 Å². The van der Waals surface area contributed by atoms with Crippen LogP contribution >= 0.6 is 0 Å². The lowest BCUT2D eigenvalue weighted by Crippen LogP contribution is -2.52. The van der Waals surface area contributed by atoms with Crippen LogP contribution in [0.2, 0.25) is 0 Å². The summed E-state index contributed by atoms with van der Waals surface area (Å²) in [6.07, 6.45) is 13.3. The van der Waals surface area contributed by atoms with Crippen molar-refractivity contribution in [2.24, 2.45) is 23.2 Å². The van der Waals surface area contributed by atoms with Gasteiger partial charge in [0.05, 0.1) is 12.8 Å². The van der Waals surface area contributed by atoms with E-state index in [1.807, 2.05) is 31.2 Å². The van der Waals surface area contributed by atoms with E-state index < -0.39 is 6.23 Å². The Labute approximate surface area is 305 Å². The minimum absolute atomic E-state index is 0.119. The second-order valence-electron chi connectivity index (χ2n) is 16.3. The molecule has 0 radical (unpaired) electrons. The third kappa shape index (κ3) is 6.37. The average molecular weight is 704 g/mol. The maximum atomic E-state index is 13.6. The van der Waals surface area contributed by atoms with E-state index in [0.717, 1.165) is 80.0 Å². The number of rotatable bonds is 9. The lowest BCUT2D eigenvalue weighted by molar-refractivity contribution is -0.139. The molecule has 7 aliphatic rings. The summed E-state index contributed by atoms with van der Waals surface area (Å²) in [6, 6.07) is 13.6. The molecule has 1 unspecified atom stereocenters. The Morgan fingerprint density at radius 3 is 2.38 bits per heavy atom. The third-order valence-electron chi connectivity index (χ3n) is 12.5. The number of anilines is 5. The lowest BCUT2D eigenvalue weighted by atomic mass is 9.49. The molecule has 3 heterocycles. The summed E-state index contributed by atoms with van der Waals surface area (Å²) in [5.74, 6) is 4.37. The predicted molar refractivity (Wildman–Crippen MR) is 201 cm³/mol. The molecule has 52 heavy (non-hydrogen) atoms. The van der Waals surface area contributed by atoms with Gasteiger partial charge in [-0.25, -0.2) is 4.98 Å². The van der Waals surface area contributed by atoms with Crippen LogP contribution in [0.1, 0.15) is 80.6 Å². The first kappa shape index (κ1) is 33.2. The van der Waals surface area contributed by atoms with Crippen molar-refractivity contribution in [2.75, 3.05) is 48.4 Å². The van der Waals surface area contributed by atoms with Crippen molar-refractivity contribution < 1.29 is 19.4 Å². The van der Waals surface area contributed by atoms with E-state index >= 15 is 0 Å². The topological polar surface area (TPSA) is 123 Å². The molecule has 10 rings (SSSR count). The number of piperazine rings is 1. The van der Waals surface area contributed by atoms with Gasteiger partial charge in [-0.15, -0.1) is 0 Å². The number of nitrogens with one attached hydrogen (secondary N) is 2. The molecular weight excluding hydrogens is 654 g/mol. The van der Waals surface area contributed by atoms with Gasteiger partial charge in [0.15, 0.2) is 6.23 Å². The van der Waals surface area contributed by atoms with Crippen molar-refractivity contribution in [1.29, 1.82) is 0 Å². The number of allylic oxidation sites excluding steroid dienone is 1. The molecule has 3 aromatic rings. The fourth-order valence-electron chi connectivity index (χ4n) is 10.2. The van der Waals surface area contributed by atoms with Crippen LogP contribution in [0.5, 0.6) is 5.75 Å². The number of fused-ring (bicyclic) bond motifs is 1. The lowest BCUT2D eigenvalue weighted by Gasteiger charge is -2.57. The summed E-state index contributed by atoms with van der Waals surface area (Å²) in [7, 11) is 1.65. The molecule has 1 atom stereocenters. The molecule has 2 aromatic carbocycles. The number of nitrogens with zero attached hydrogens (tertiary/aromatic N) is 5. The molecule has 272 valence electrons. The first-order valence-corrected chi connectivity index (χ1v) is 19.1. The summed E-state index contributed by atoms with van der Waals surface area (Å²) in [5, 5.41) is 17.6. The number of carbonyl (C=O) groups is 2. The van der Waals surface area contributed by atoms with Crippen molar-refractivity contribution in [1.82, 2.24) is 20.2 Å².